The number of hydrogen-bond acceptors (Lipinski definition) is 8. The minimum atomic E-state index is -0.847. The highest BCUT2D eigenvalue weighted by molar-refractivity contribution is 7.13. The van der Waals surface area contributed by atoms with Crippen molar-refractivity contribution in [3.63, 3.8) is 0 Å². The molecule has 170 valence electrons. The van der Waals surface area contributed by atoms with E-state index in [0.717, 1.165) is 4.88 Å². The number of aromatic nitrogens is 2. The summed E-state index contributed by atoms with van der Waals surface area (Å²) in [6, 6.07) is 12.4. The molecule has 33 heavy (non-hydrogen) atoms. The van der Waals surface area contributed by atoms with Gasteiger partial charge in [0.1, 0.15) is 11.5 Å². The van der Waals surface area contributed by atoms with Crippen molar-refractivity contribution in [1.29, 1.82) is 0 Å². The number of nitrogens with one attached hydrogen (secondary N) is 2. The Hall–Kier alpha value is -3.92. The first-order chi connectivity index (χ1) is 16.0. The van der Waals surface area contributed by atoms with Crippen LogP contribution < -0.4 is 20.3 Å². The van der Waals surface area contributed by atoms with E-state index >= 15 is 0 Å². The molecule has 9 nitrogen and oxygen atoms in total. The Kier molecular flexibility index (Phi) is 6.55. The number of ether oxygens (including phenoxy) is 2. The van der Waals surface area contributed by atoms with Crippen molar-refractivity contribution in [2.75, 3.05) is 6.61 Å². The molecule has 0 saturated carbocycles. The number of hydrazine groups is 1. The number of amides is 2. The SMILES string of the molecule is CCOc1ccc(O[C@@H](C)C(=O)NNC(=O)c2cc(-c3cccs3)nc3onc(C)c23)cc1. The van der Waals surface area contributed by atoms with Gasteiger partial charge < -0.3 is 14.0 Å². The van der Waals surface area contributed by atoms with Crippen molar-refractivity contribution in [2.45, 2.75) is 26.9 Å². The molecule has 2 N–H and O–H groups in total. The molecule has 0 spiro atoms. The lowest BCUT2D eigenvalue weighted by atomic mass is 10.1. The van der Waals surface area contributed by atoms with E-state index in [1.165, 1.54) is 11.3 Å². The average molecular weight is 467 g/mol. The molecule has 3 heterocycles. The van der Waals surface area contributed by atoms with Crippen molar-refractivity contribution >= 4 is 34.3 Å². The van der Waals surface area contributed by atoms with Crippen LogP contribution in [0.3, 0.4) is 0 Å². The fraction of sp³-hybridized carbons (Fsp3) is 0.217. The molecular weight excluding hydrogens is 444 g/mol. The lowest BCUT2D eigenvalue weighted by Gasteiger charge is -2.15. The molecule has 2 amide bonds. The molecular formula is C23H22N4O5S. The van der Waals surface area contributed by atoms with Crippen molar-refractivity contribution < 1.29 is 23.6 Å². The van der Waals surface area contributed by atoms with Gasteiger partial charge >= 0.3 is 0 Å². The second-order valence-electron chi connectivity index (χ2n) is 7.09. The van der Waals surface area contributed by atoms with Crippen molar-refractivity contribution in [1.82, 2.24) is 21.0 Å². The summed E-state index contributed by atoms with van der Waals surface area (Å²) in [4.78, 5) is 30.7. The number of carbonyl (C=O) groups excluding carboxylic acids is 2. The first kappa shape index (κ1) is 22.3. The van der Waals surface area contributed by atoms with Crippen molar-refractivity contribution in [3.8, 4) is 22.1 Å². The van der Waals surface area contributed by atoms with Crippen LogP contribution in [0.4, 0.5) is 0 Å². The highest BCUT2D eigenvalue weighted by Crippen LogP contribution is 2.29. The summed E-state index contributed by atoms with van der Waals surface area (Å²) in [5.41, 5.74) is 6.50. The smallest absolute Gasteiger partial charge is 0.279 e. The van der Waals surface area contributed by atoms with E-state index < -0.39 is 17.9 Å². The average Bonchev–Trinajstić information content (AvgIpc) is 3.48. The molecule has 0 unspecified atom stereocenters. The predicted octanol–water partition coefficient (Wildman–Crippen LogP) is 3.89. The van der Waals surface area contributed by atoms with Crippen LogP contribution in [0.1, 0.15) is 29.9 Å². The number of rotatable bonds is 7. The van der Waals surface area contributed by atoms with Gasteiger partial charge in [0.25, 0.3) is 17.5 Å². The highest BCUT2D eigenvalue weighted by atomic mass is 32.1. The first-order valence-corrected chi connectivity index (χ1v) is 11.1. The summed E-state index contributed by atoms with van der Waals surface area (Å²) < 4.78 is 16.3. The van der Waals surface area contributed by atoms with E-state index in [4.69, 9.17) is 14.0 Å². The second kappa shape index (κ2) is 9.70. The van der Waals surface area contributed by atoms with Gasteiger partial charge in [-0.1, -0.05) is 11.2 Å². The van der Waals surface area contributed by atoms with Gasteiger partial charge in [-0.2, -0.15) is 0 Å². The fourth-order valence-corrected chi connectivity index (χ4v) is 3.84. The maximum Gasteiger partial charge on any atom is 0.279 e. The molecule has 1 aromatic carbocycles. The molecule has 10 heteroatoms. The normalized spacial score (nSPS) is 11.7. The van der Waals surface area contributed by atoms with Crippen molar-refractivity contribution in [2.24, 2.45) is 0 Å². The Labute approximate surface area is 193 Å². The van der Waals surface area contributed by atoms with Crippen LogP contribution in [-0.2, 0) is 4.79 Å². The van der Waals surface area contributed by atoms with Gasteiger partial charge in [-0.25, -0.2) is 4.98 Å². The molecule has 4 aromatic rings. The Morgan fingerprint density at radius 1 is 1.15 bits per heavy atom. The van der Waals surface area contributed by atoms with Crippen LogP contribution in [-0.4, -0.2) is 34.7 Å². The summed E-state index contributed by atoms with van der Waals surface area (Å²) in [6.07, 6.45) is -0.847. The van der Waals surface area contributed by atoms with Crippen LogP contribution in [0.15, 0.2) is 52.4 Å². The zero-order chi connectivity index (χ0) is 23.4. The largest absolute Gasteiger partial charge is 0.494 e. The number of aryl methyl sites for hydroxylation is 1. The van der Waals surface area contributed by atoms with E-state index in [9.17, 15) is 9.59 Å². The van der Waals surface area contributed by atoms with E-state index in [-0.39, 0.29) is 5.71 Å². The number of benzene rings is 1. The Morgan fingerprint density at radius 2 is 1.91 bits per heavy atom. The summed E-state index contributed by atoms with van der Waals surface area (Å²) in [5, 5.41) is 6.32. The third-order valence-electron chi connectivity index (χ3n) is 4.75. The van der Waals surface area contributed by atoms with E-state index in [1.807, 2.05) is 24.4 Å². The van der Waals surface area contributed by atoms with Gasteiger partial charge in [0, 0.05) is 0 Å². The summed E-state index contributed by atoms with van der Waals surface area (Å²) in [7, 11) is 0. The predicted molar refractivity (Wildman–Crippen MR) is 123 cm³/mol. The molecule has 1 atom stereocenters. The monoisotopic (exact) mass is 466 g/mol. The zero-order valence-corrected chi connectivity index (χ0v) is 19.1. The quantitative estimate of drug-likeness (QED) is 0.397. The summed E-state index contributed by atoms with van der Waals surface area (Å²) in [6.45, 7) is 5.77. The number of hydrogen-bond donors (Lipinski definition) is 2. The lowest BCUT2D eigenvalue weighted by Crippen LogP contribution is -2.47. The number of pyridine rings is 1. The minimum Gasteiger partial charge on any atom is -0.494 e. The molecule has 3 aromatic heterocycles. The van der Waals surface area contributed by atoms with Crippen LogP contribution in [0.5, 0.6) is 11.5 Å². The maximum atomic E-state index is 12.9. The third-order valence-corrected chi connectivity index (χ3v) is 5.64. The molecule has 0 fully saturated rings. The molecule has 0 saturated heterocycles. The lowest BCUT2D eigenvalue weighted by molar-refractivity contribution is -0.128. The van der Waals surface area contributed by atoms with Crippen molar-refractivity contribution in [3.05, 3.63) is 59.1 Å². The standard InChI is InChI=1S/C23H22N4O5S/c1-4-30-15-7-9-16(10-8-15)31-14(3)21(28)25-26-22(29)17-12-18(19-6-5-11-33-19)24-23-20(17)13(2)27-32-23/h5-12,14H,4H2,1-3H3,(H,25,28)(H,26,29)/t14-/m0/s1. The first-order valence-electron chi connectivity index (χ1n) is 10.3. The summed E-state index contributed by atoms with van der Waals surface area (Å²) >= 11 is 1.49. The van der Waals surface area contributed by atoms with Gasteiger partial charge in [0.15, 0.2) is 6.10 Å². The molecule has 4 rings (SSSR count). The van der Waals surface area contributed by atoms with Gasteiger partial charge in [0.05, 0.1) is 33.8 Å². The Bertz CT molecular complexity index is 1270. The van der Waals surface area contributed by atoms with Gasteiger partial charge in [0.2, 0.25) is 0 Å². The maximum absolute atomic E-state index is 12.9. The van der Waals surface area contributed by atoms with E-state index in [2.05, 4.69) is 21.0 Å². The molecule has 0 radical (unpaired) electrons. The Morgan fingerprint density at radius 3 is 2.61 bits per heavy atom. The van der Waals surface area contributed by atoms with Gasteiger partial charge in [-0.15, -0.1) is 11.3 Å². The minimum absolute atomic E-state index is 0.252. The third kappa shape index (κ3) is 4.96. The highest BCUT2D eigenvalue weighted by Gasteiger charge is 2.21. The van der Waals surface area contributed by atoms with E-state index in [0.29, 0.717) is 40.4 Å². The van der Waals surface area contributed by atoms with Gasteiger partial charge in [-0.3, -0.25) is 20.4 Å². The summed E-state index contributed by atoms with van der Waals surface area (Å²) in [5.74, 6) is 0.184. The number of nitrogens with zero attached hydrogens (tertiary/aromatic N) is 2. The fourth-order valence-electron chi connectivity index (χ4n) is 3.15. The Balaban J connectivity index is 1.44. The number of carbonyl (C=O) groups is 2. The van der Waals surface area contributed by atoms with Crippen LogP contribution >= 0.6 is 11.3 Å². The molecule has 0 aliphatic heterocycles. The van der Waals surface area contributed by atoms with Crippen LogP contribution in [0.2, 0.25) is 0 Å². The van der Waals surface area contributed by atoms with Crippen LogP contribution in [0, 0.1) is 6.92 Å². The van der Waals surface area contributed by atoms with E-state index in [1.54, 1.807) is 44.2 Å². The van der Waals surface area contributed by atoms with Gasteiger partial charge in [-0.05, 0) is 62.5 Å². The molecule has 0 bridgehead atoms. The van der Waals surface area contributed by atoms with Crippen LogP contribution in [0.25, 0.3) is 21.7 Å². The molecule has 0 aliphatic rings. The number of fused-ring (bicyclic) bond motifs is 1. The second-order valence-corrected chi connectivity index (χ2v) is 8.04. The number of thiophene rings is 1. The topological polar surface area (TPSA) is 116 Å². The molecule has 0 aliphatic carbocycles. The zero-order valence-electron chi connectivity index (χ0n) is 18.2.